The SMILES string of the molecule is CCCCCCCCCCCCCC(=O)O[C@H](COC(=O)CCCCCCCCCC)COP(=O)(O)OC[C@H](O)COP(=O)(O)OC[C@@H](COC(=O)CCCCCCCCCCCCC(C)CC)OC(=O)CCCCCCCCCCCCCCC(C)C. The van der Waals surface area contributed by atoms with Crippen LogP contribution < -0.4 is 0 Å². The summed E-state index contributed by atoms with van der Waals surface area (Å²) in [6.45, 7) is 9.55. The summed E-state index contributed by atoms with van der Waals surface area (Å²) in [6, 6.07) is 0. The summed E-state index contributed by atoms with van der Waals surface area (Å²) >= 11 is 0. The summed E-state index contributed by atoms with van der Waals surface area (Å²) in [7, 11) is -9.89. The molecule has 3 unspecified atom stereocenters. The Balaban J connectivity index is 5.23. The van der Waals surface area contributed by atoms with Gasteiger partial charge >= 0.3 is 39.5 Å². The molecule has 0 radical (unpaired) electrons. The number of aliphatic hydroxyl groups is 1. The Hall–Kier alpha value is -1.94. The number of carbonyl (C=O) groups excluding carboxylic acids is 4. The molecule has 0 aromatic carbocycles. The van der Waals surface area contributed by atoms with Gasteiger partial charge in [0.15, 0.2) is 12.2 Å². The quantitative estimate of drug-likeness (QED) is 0.0222. The van der Waals surface area contributed by atoms with E-state index in [4.69, 9.17) is 37.0 Å². The molecule has 0 aliphatic heterocycles. The molecule has 88 heavy (non-hydrogen) atoms. The van der Waals surface area contributed by atoms with Crippen LogP contribution in [-0.2, 0) is 65.4 Å². The van der Waals surface area contributed by atoms with Crippen molar-refractivity contribution in [2.45, 2.75) is 368 Å². The Kier molecular flexibility index (Phi) is 59.9. The molecule has 0 spiro atoms. The van der Waals surface area contributed by atoms with Crippen molar-refractivity contribution in [1.29, 1.82) is 0 Å². The Bertz CT molecular complexity index is 1720. The van der Waals surface area contributed by atoms with Gasteiger partial charge in [-0.05, 0) is 37.5 Å². The fourth-order valence-electron chi connectivity index (χ4n) is 10.4. The maximum atomic E-state index is 13.0. The third-order valence-electron chi connectivity index (χ3n) is 16.3. The van der Waals surface area contributed by atoms with Crippen LogP contribution in [0.2, 0.25) is 0 Å². The zero-order chi connectivity index (χ0) is 65.0. The summed E-state index contributed by atoms with van der Waals surface area (Å²) in [6.07, 6.45) is 45.7. The van der Waals surface area contributed by atoms with Gasteiger partial charge < -0.3 is 33.8 Å². The molecule has 0 rings (SSSR count). The number of phosphoric ester groups is 2. The van der Waals surface area contributed by atoms with Crippen molar-refractivity contribution in [3.63, 3.8) is 0 Å². The van der Waals surface area contributed by atoms with E-state index < -0.39 is 97.5 Å². The van der Waals surface area contributed by atoms with Crippen molar-refractivity contribution in [1.82, 2.24) is 0 Å². The molecule has 3 N–H and O–H groups in total. The molecule has 6 atom stereocenters. The Labute approximate surface area is 537 Å². The maximum absolute atomic E-state index is 13.0. The minimum Gasteiger partial charge on any atom is -0.462 e. The van der Waals surface area contributed by atoms with Crippen molar-refractivity contribution in [3.8, 4) is 0 Å². The Morgan fingerprint density at radius 1 is 0.330 bits per heavy atom. The van der Waals surface area contributed by atoms with E-state index in [0.29, 0.717) is 25.7 Å². The molecular weight excluding hydrogens is 1160 g/mol. The van der Waals surface area contributed by atoms with Crippen molar-refractivity contribution in [3.05, 3.63) is 0 Å². The third-order valence-corrected chi connectivity index (χ3v) is 18.2. The summed E-state index contributed by atoms with van der Waals surface area (Å²) in [5.41, 5.74) is 0. The first-order chi connectivity index (χ1) is 42.4. The number of unbranched alkanes of at least 4 members (excludes halogenated alkanes) is 37. The molecule has 19 heteroatoms. The van der Waals surface area contributed by atoms with E-state index in [0.717, 1.165) is 108 Å². The van der Waals surface area contributed by atoms with Crippen LogP contribution in [0.5, 0.6) is 0 Å². The van der Waals surface area contributed by atoms with Crippen molar-refractivity contribution in [2.24, 2.45) is 11.8 Å². The van der Waals surface area contributed by atoms with Gasteiger partial charge in [0.1, 0.15) is 19.3 Å². The lowest BCUT2D eigenvalue weighted by Crippen LogP contribution is -2.30. The first-order valence-corrected chi connectivity index (χ1v) is 39.0. The van der Waals surface area contributed by atoms with Crippen LogP contribution in [0.3, 0.4) is 0 Å². The molecule has 0 fully saturated rings. The fourth-order valence-corrected chi connectivity index (χ4v) is 12.0. The van der Waals surface area contributed by atoms with E-state index in [-0.39, 0.29) is 25.7 Å². The van der Waals surface area contributed by atoms with Crippen LogP contribution in [0.25, 0.3) is 0 Å². The number of aliphatic hydroxyl groups excluding tert-OH is 1. The molecule has 0 bridgehead atoms. The predicted molar refractivity (Wildman–Crippen MR) is 354 cm³/mol. The summed E-state index contributed by atoms with van der Waals surface area (Å²) in [5, 5.41) is 10.6. The number of ether oxygens (including phenoxy) is 4. The molecule has 0 aliphatic carbocycles. The number of esters is 4. The molecular formula is C69H134O17P2. The summed E-state index contributed by atoms with van der Waals surface area (Å²) in [5.74, 6) is -0.541. The zero-order valence-corrected chi connectivity index (χ0v) is 58.8. The Morgan fingerprint density at radius 3 is 0.864 bits per heavy atom. The van der Waals surface area contributed by atoms with E-state index in [1.54, 1.807) is 0 Å². The largest absolute Gasteiger partial charge is 0.472 e. The second-order valence-corrected chi connectivity index (χ2v) is 28.5. The minimum atomic E-state index is -4.95. The number of phosphoric acid groups is 2. The van der Waals surface area contributed by atoms with Gasteiger partial charge in [-0.2, -0.15) is 0 Å². The number of hydrogen-bond acceptors (Lipinski definition) is 15. The van der Waals surface area contributed by atoms with Crippen LogP contribution in [0, 0.1) is 11.8 Å². The lowest BCUT2D eigenvalue weighted by atomic mass is 9.99. The van der Waals surface area contributed by atoms with Gasteiger partial charge in [-0.25, -0.2) is 9.13 Å². The second kappa shape index (κ2) is 61.3. The normalized spacial score (nSPS) is 14.5. The molecule has 522 valence electrons. The lowest BCUT2D eigenvalue weighted by molar-refractivity contribution is -0.161. The lowest BCUT2D eigenvalue weighted by Gasteiger charge is -2.21. The average Bonchev–Trinajstić information content (AvgIpc) is 3.69. The van der Waals surface area contributed by atoms with Crippen LogP contribution >= 0.6 is 15.6 Å². The molecule has 0 heterocycles. The van der Waals surface area contributed by atoms with Gasteiger partial charge in [-0.3, -0.25) is 37.3 Å². The van der Waals surface area contributed by atoms with Crippen LogP contribution in [-0.4, -0.2) is 96.7 Å². The van der Waals surface area contributed by atoms with E-state index in [1.165, 1.54) is 161 Å². The second-order valence-electron chi connectivity index (χ2n) is 25.6. The molecule has 17 nitrogen and oxygen atoms in total. The van der Waals surface area contributed by atoms with Crippen LogP contribution in [0.15, 0.2) is 0 Å². The molecule has 0 saturated heterocycles. The number of carbonyl (C=O) groups is 4. The highest BCUT2D eigenvalue weighted by atomic mass is 31.2. The van der Waals surface area contributed by atoms with Crippen molar-refractivity contribution < 1.29 is 80.2 Å². The summed E-state index contributed by atoms with van der Waals surface area (Å²) in [4.78, 5) is 72.4. The van der Waals surface area contributed by atoms with Gasteiger partial charge in [0.2, 0.25) is 0 Å². The molecule has 0 amide bonds. The molecule has 0 aromatic heterocycles. The van der Waals surface area contributed by atoms with Crippen molar-refractivity contribution in [2.75, 3.05) is 39.6 Å². The standard InChI is InChI=1S/C69H134O17P2/c1-7-10-12-14-16-18-21-29-35-41-47-53-68(73)85-64(57-79-66(71)51-45-39-33-17-15-13-11-8-2)59-83-87(75,76)81-55-63(70)56-82-88(77,78)84-60-65(58-80-67(72)52-46-40-34-28-25-24-27-32-38-44-50-62(6)9-3)86-69(74)54-48-42-36-30-23-20-19-22-26-31-37-43-49-61(4)5/h61-65,70H,7-60H2,1-6H3,(H,75,76)(H,77,78)/t62?,63-,64+,65+/m0/s1. The maximum Gasteiger partial charge on any atom is 0.472 e. The van der Waals surface area contributed by atoms with E-state index in [9.17, 15) is 43.2 Å². The first kappa shape index (κ1) is 86.1. The van der Waals surface area contributed by atoms with Gasteiger partial charge in [-0.1, -0.05) is 298 Å². The smallest absolute Gasteiger partial charge is 0.462 e. The van der Waals surface area contributed by atoms with E-state index in [1.807, 2.05) is 0 Å². The van der Waals surface area contributed by atoms with E-state index in [2.05, 4.69) is 41.5 Å². The van der Waals surface area contributed by atoms with Crippen molar-refractivity contribution >= 4 is 39.5 Å². The first-order valence-electron chi connectivity index (χ1n) is 36.0. The van der Waals surface area contributed by atoms with Gasteiger partial charge in [0.05, 0.1) is 26.4 Å². The van der Waals surface area contributed by atoms with Crippen LogP contribution in [0.4, 0.5) is 0 Å². The van der Waals surface area contributed by atoms with Crippen LogP contribution in [0.1, 0.15) is 350 Å². The average molecular weight is 1300 g/mol. The topological polar surface area (TPSA) is 237 Å². The third kappa shape index (κ3) is 61.6. The zero-order valence-electron chi connectivity index (χ0n) is 57.0. The van der Waals surface area contributed by atoms with E-state index >= 15 is 0 Å². The highest BCUT2D eigenvalue weighted by Gasteiger charge is 2.30. The summed E-state index contributed by atoms with van der Waals surface area (Å²) < 4.78 is 68.2. The fraction of sp³-hybridized carbons (Fsp3) is 0.942. The number of hydrogen-bond donors (Lipinski definition) is 3. The highest BCUT2D eigenvalue weighted by molar-refractivity contribution is 7.47. The number of rotatable bonds is 68. The van der Waals surface area contributed by atoms with Gasteiger partial charge in [-0.15, -0.1) is 0 Å². The molecule has 0 aliphatic rings. The van der Waals surface area contributed by atoms with Gasteiger partial charge in [0.25, 0.3) is 0 Å². The molecule has 0 saturated carbocycles. The predicted octanol–water partition coefficient (Wildman–Crippen LogP) is 19.6. The Morgan fingerprint density at radius 2 is 0.580 bits per heavy atom. The highest BCUT2D eigenvalue weighted by Crippen LogP contribution is 2.45. The monoisotopic (exact) mass is 1300 g/mol. The van der Waals surface area contributed by atoms with Gasteiger partial charge in [0, 0.05) is 25.7 Å². The minimum absolute atomic E-state index is 0.107. The molecule has 0 aromatic rings.